The van der Waals surface area contributed by atoms with Crippen LogP contribution in [-0.2, 0) is 14.4 Å². The average molecular weight is 893 g/mol. The molecule has 0 spiro atoms. The number of fused-ring (bicyclic) bond motifs is 1. The lowest BCUT2D eigenvalue weighted by atomic mass is 9.94. The van der Waals surface area contributed by atoms with Crippen molar-refractivity contribution in [3.63, 3.8) is 0 Å². The predicted molar refractivity (Wildman–Crippen MR) is 232 cm³/mol. The number of rotatable bonds is 13. The number of carbonyl (C=O) groups excluding carboxylic acids is 4. The Hall–Kier alpha value is -5.96. The number of alkyl halides is 2. The van der Waals surface area contributed by atoms with Gasteiger partial charge in [0.15, 0.2) is 5.82 Å². The average Bonchev–Trinajstić information content (AvgIpc) is 3.82. The third kappa shape index (κ3) is 9.74. The Morgan fingerprint density at radius 1 is 0.891 bits per heavy atom. The zero-order valence-corrected chi connectivity index (χ0v) is 36.3. The molecule has 5 aliphatic rings. The Morgan fingerprint density at radius 2 is 1.61 bits per heavy atom. The van der Waals surface area contributed by atoms with E-state index in [-0.39, 0.29) is 41.5 Å². The van der Waals surface area contributed by atoms with Crippen LogP contribution in [0.3, 0.4) is 0 Å². The Balaban J connectivity index is 0.801. The number of halogens is 3. The third-order valence-corrected chi connectivity index (χ3v) is 13.0. The van der Waals surface area contributed by atoms with E-state index < -0.39 is 42.0 Å². The quantitative estimate of drug-likeness (QED) is 0.181. The van der Waals surface area contributed by atoms with Crippen molar-refractivity contribution in [1.82, 2.24) is 35.6 Å². The van der Waals surface area contributed by atoms with Crippen molar-refractivity contribution >= 4 is 58.1 Å². The van der Waals surface area contributed by atoms with Gasteiger partial charge in [-0.3, -0.25) is 34.8 Å². The van der Waals surface area contributed by atoms with E-state index in [0.29, 0.717) is 67.1 Å². The number of imide groups is 1. The molecule has 3 aromatic rings. The van der Waals surface area contributed by atoms with Crippen LogP contribution in [0.5, 0.6) is 11.5 Å². The molecule has 64 heavy (non-hydrogen) atoms. The molecule has 1 atom stereocenters. The Morgan fingerprint density at radius 3 is 2.31 bits per heavy atom. The van der Waals surface area contributed by atoms with Gasteiger partial charge in [-0.2, -0.15) is 13.8 Å². The van der Waals surface area contributed by atoms with Gasteiger partial charge in [-0.15, -0.1) is 0 Å². The second-order valence-corrected chi connectivity index (χ2v) is 17.1. The second kappa shape index (κ2) is 19.0. The first kappa shape index (κ1) is 44.6. The van der Waals surface area contributed by atoms with Crippen molar-refractivity contribution in [2.45, 2.75) is 75.8 Å². The fourth-order valence-electron chi connectivity index (χ4n) is 9.25. The lowest BCUT2D eigenvalue weighted by Gasteiger charge is -2.38. The molecule has 4 aliphatic heterocycles. The zero-order chi connectivity index (χ0) is 45.1. The van der Waals surface area contributed by atoms with Crippen molar-refractivity contribution < 1.29 is 41.8 Å². The van der Waals surface area contributed by atoms with E-state index in [0.717, 1.165) is 69.5 Å². The summed E-state index contributed by atoms with van der Waals surface area (Å²) in [4.78, 5) is 70.0. The monoisotopic (exact) mass is 892 g/mol. The number of nitrogens with zero attached hydrogens (tertiary/aromatic N) is 8. The van der Waals surface area contributed by atoms with Crippen molar-refractivity contribution in [3.05, 3.63) is 42.1 Å². The summed E-state index contributed by atoms with van der Waals surface area (Å²) in [5, 5.41) is 10.3. The minimum Gasteiger partial charge on any atom is -0.495 e. The van der Waals surface area contributed by atoms with E-state index in [1.165, 1.54) is 50.7 Å². The third-order valence-electron chi connectivity index (χ3n) is 13.0. The first-order valence-electron chi connectivity index (χ1n) is 21.9. The van der Waals surface area contributed by atoms with Gasteiger partial charge in [0.25, 0.3) is 11.8 Å². The number of anilines is 6. The topological polar surface area (TPSA) is 190 Å². The number of pyridine rings is 1. The van der Waals surface area contributed by atoms with Gasteiger partial charge in [0.05, 0.1) is 44.5 Å². The van der Waals surface area contributed by atoms with Crippen LogP contribution in [0.25, 0.3) is 0 Å². The number of hydrogen-bond donors (Lipinski definition) is 4. The van der Waals surface area contributed by atoms with E-state index >= 15 is 13.2 Å². The molecule has 0 radical (unpaired) electrons. The van der Waals surface area contributed by atoms with Crippen LogP contribution < -0.4 is 45.5 Å². The fraction of sp³-hybridized carbons (Fsp3) is 0.558. The van der Waals surface area contributed by atoms with Crippen LogP contribution in [0, 0.1) is 11.7 Å². The van der Waals surface area contributed by atoms with E-state index in [2.05, 4.69) is 41.2 Å². The van der Waals surface area contributed by atoms with Crippen molar-refractivity contribution in [1.29, 1.82) is 0 Å². The van der Waals surface area contributed by atoms with Crippen LogP contribution >= 0.6 is 0 Å². The number of carbonyl (C=O) groups is 4. The van der Waals surface area contributed by atoms with Crippen LogP contribution in [0.2, 0.25) is 0 Å². The maximum atomic E-state index is 15.4. The number of ether oxygens (including phenoxy) is 2. The van der Waals surface area contributed by atoms with Crippen LogP contribution in [-0.4, -0.2) is 140 Å². The summed E-state index contributed by atoms with van der Waals surface area (Å²) in [7, 11) is 4.25. The normalized spacial score (nSPS) is 21.3. The first-order chi connectivity index (χ1) is 30.8. The Labute approximate surface area is 369 Å². The highest BCUT2D eigenvalue weighted by atomic mass is 19.3. The van der Waals surface area contributed by atoms with Gasteiger partial charge in [0, 0.05) is 77.0 Å². The van der Waals surface area contributed by atoms with Gasteiger partial charge in [0.2, 0.25) is 17.8 Å². The number of hydrogen-bond acceptors (Lipinski definition) is 15. The van der Waals surface area contributed by atoms with E-state index in [1.54, 1.807) is 6.07 Å². The van der Waals surface area contributed by atoms with Crippen LogP contribution in [0.4, 0.5) is 47.7 Å². The SMILES string of the molecule is COc1cc(C(=O)NN2CCC(CCN3CCN(c4cc(OC)c(NC5CCC(=O)NC5=O)cc4F)CC3)CC2)ncc1Nc1ncc2c(n1)N(C1CCCC1)CC(F)(F)C(=O)N2C. The maximum Gasteiger partial charge on any atom is 0.342 e. The summed E-state index contributed by atoms with van der Waals surface area (Å²) < 4.78 is 56.7. The molecule has 4 amide bonds. The highest BCUT2D eigenvalue weighted by Gasteiger charge is 2.49. The molecule has 1 unspecified atom stereocenters. The van der Waals surface area contributed by atoms with Gasteiger partial charge in [0.1, 0.15) is 40.4 Å². The summed E-state index contributed by atoms with van der Waals surface area (Å²) in [6.07, 6.45) is 9.38. The number of nitrogens with one attached hydrogen (secondary N) is 4. The minimum absolute atomic E-state index is 0.0943. The highest BCUT2D eigenvalue weighted by Crippen LogP contribution is 2.40. The lowest BCUT2D eigenvalue weighted by Crippen LogP contribution is -2.48. The number of hydrazine groups is 1. The molecule has 0 bridgehead atoms. The lowest BCUT2D eigenvalue weighted by molar-refractivity contribution is -0.140. The fourth-order valence-corrected chi connectivity index (χ4v) is 9.25. The largest absolute Gasteiger partial charge is 0.495 e. The van der Waals surface area contributed by atoms with Gasteiger partial charge in [-0.1, -0.05) is 12.8 Å². The molecule has 4 fully saturated rings. The molecular formula is C43H55F3N12O6. The molecular weight excluding hydrogens is 838 g/mol. The summed E-state index contributed by atoms with van der Waals surface area (Å²) in [6, 6.07) is 3.67. The molecule has 1 aliphatic carbocycles. The maximum absolute atomic E-state index is 15.4. The highest BCUT2D eigenvalue weighted by molar-refractivity contribution is 6.02. The van der Waals surface area contributed by atoms with Crippen molar-refractivity contribution in [2.75, 3.05) is 99.0 Å². The summed E-state index contributed by atoms with van der Waals surface area (Å²) >= 11 is 0. The molecule has 18 nitrogen and oxygen atoms in total. The molecule has 6 heterocycles. The summed E-state index contributed by atoms with van der Waals surface area (Å²) in [5.41, 5.74) is 4.46. The molecule has 344 valence electrons. The number of piperazine rings is 1. The van der Waals surface area contributed by atoms with Crippen molar-refractivity contribution in [3.8, 4) is 11.5 Å². The molecule has 8 rings (SSSR count). The first-order valence-corrected chi connectivity index (χ1v) is 21.9. The van der Waals surface area contributed by atoms with E-state index in [1.807, 2.05) is 9.91 Å². The van der Waals surface area contributed by atoms with Crippen LogP contribution in [0.1, 0.15) is 68.3 Å². The van der Waals surface area contributed by atoms with Gasteiger partial charge in [-0.05, 0) is 51.0 Å². The molecule has 1 saturated carbocycles. The molecule has 1 aromatic carbocycles. The Kier molecular flexibility index (Phi) is 13.3. The summed E-state index contributed by atoms with van der Waals surface area (Å²) in [5.74, 6) is -4.94. The molecule has 21 heteroatoms. The molecule has 3 saturated heterocycles. The number of amides is 4. The smallest absolute Gasteiger partial charge is 0.342 e. The Bertz CT molecular complexity index is 2230. The molecule has 2 aromatic heterocycles. The standard InChI is InChI=1S/C43H55F3N12O6/c1-54-34-24-48-42(52-38(34)58(27-6-4-5-7-27)25-43(45,46)41(54)62)50-32-23-47-31(21-35(32)63-2)40(61)53-57-14-11-26(12-15-57)10-13-55-16-18-56(19-17-55)33-22-36(64-3)30(20-28(33)44)49-29-8-9-37(59)51-39(29)60/h20-24,26-27,29,49H,4-19,25H2,1-3H3,(H,53,61)(H,48,50,52)(H,51,59,60). The number of methoxy groups -OCH3 is 2. The van der Waals surface area contributed by atoms with Gasteiger partial charge < -0.3 is 34.8 Å². The molecule has 4 N–H and O–H groups in total. The number of piperidine rings is 2. The minimum atomic E-state index is -3.59. The second-order valence-electron chi connectivity index (χ2n) is 17.1. The van der Waals surface area contributed by atoms with Gasteiger partial charge >= 0.3 is 5.92 Å². The summed E-state index contributed by atoms with van der Waals surface area (Å²) in [6.45, 7) is 4.34. The van der Waals surface area contributed by atoms with Crippen molar-refractivity contribution in [2.24, 2.45) is 5.92 Å². The number of benzene rings is 1. The van der Waals surface area contributed by atoms with Gasteiger partial charge in [-0.25, -0.2) is 19.4 Å². The van der Waals surface area contributed by atoms with E-state index in [4.69, 9.17) is 9.47 Å². The predicted octanol–water partition coefficient (Wildman–Crippen LogP) is 3.92. The van der Waals surface area contributed by atoms with E-state index in [9.17, 15) is 19.2 Å². The van der Waals surface area contributed by atoms with Crippen LogP contribution in [0.15, 0.2) is 30.6 Å². The zero-order valence-electron chi connectivity index (χ0n) is 36.3. The number of aromatic nitrogens is 3.